The molecule has 0 unspecified atom stereocenters. The molecule has 5 nitrogen and oxygen atoms in total. The van der Waals surface area contributed by atoms with E-state index in [4.69, 9.17) is 16.3 Å². The Kier molecular flexibility index (Phi) is 4.28. The first kappa shape index (κ1) is 16.0. The fraction of sp³-hybridized carbons (Fsp3) is 0.412. The van der Waals surface area contributed by atoms with Gasteiger partial charge in [-0.3, -0.25) is 14.6 Å². The van der Waals surface area contributed by atoms with Crippen molar-refractivity contribution in [3.8, 4) is 0 Å². The SMILES string of the molecule is CC1=Nc2c(c(=O)[nH]n2C2CCOCC2)[C@H](c2cccc(Cl)c2)S1. The van der Waals surface area contributed by atoms with E-state index in [1.54, 1.807) is 11.8 Å². The van der Waals surface area contributed by atoms with Gasteiger partial charge in [-0.05, 0) is 37.5 Å². The molecule has 1 fully saturated rings. The van der Waals surface area contributed by atoms with Gasteiger partial charge in [0.2, 0.25) is 0 Å². The number of H-pyrrole nitrogens is 1. The molecule has 0 radical (unpaired) electrons. The van der Waals surface area contributed by atoms with Gasteiger partial charge in [-0.15, -0.1) is 0 Å². The predicted octanol–water partition coefficient (Wildman–Crippen LogP) is 4.07. The number of ether oxygens (including phenoxy) is 1. The van der Waals surface area contributed by atoms with E-state index in [1.807, 2.05) is 35.9 Å². The van der Waals surface area contributed by atoms with E-state index in [2.05, 4.69) is 10.1 Å². The summed E-state index contributed by atoms with van der Waals surface area (Å²) in [7, 11) is 0. The second-order valence-corrected chi connectivity index (χ2v) is 7.81. The summed E-state index contributed by atoms with van der Waals surface area (Å²) in [5.41, 5.74) is 1.68. The lowest BCUT2D eigenvalue weighted by Gasteiger charge is -2.26. The topological polar surface area (TPSA) is 59.4 Å². The largest absolute Gasteiger partial charge is 0.381 e. The van der Waals surface area contributed by atoms with Crippen LogP contribution >= 0.6 is 23.4 Å². The average molecular weight is 364 g/mol. The average Bonchev–Trinajstić information content (AvgIpc) is 2.91. The maximum Gasteiger partial charge on any atom is 0.271 e. The second kappa shape index (κ2) is 6.43. The number of rotatable bonds is 2. The molecule has 0 bridgehead atoms. The number of fused-ring (bicyclic) bond motifs is 1. The van der Waals surface area contributed by atoms with Crippen LogP contribution in [0.2, 0.25) is 5.02 Å². The third kappa shape index (κ3) is 2.83. The van der Waals surface area contributed by atoms with Gasteiger partial charge in [-0.1, -0.05) is 35.5 Å². The second-order valence-electron chi connectivity index (χ2n) is 6.08. The molecule has 126 valence electrons. The van der Waals surface area contributed by atoms with Crippen LogP contribution in [0.15, 0.2) is 34.1 Å². The molecule has 7 heteroatoms. The number of aromatic nitrogens is 2. The number of nitrogens with zero attached hydrogens (tertiary/aromatic N) is 2. The highest BCUT2D eigenvalue weighted by Gasteiger charge is 2.32. The zero-order valence-electron chi connectivity index (χ0n) is 13.3. The summed E-state index contributed by atoms with van der Waals surface area (Å²) in [5.74, 6) is 0.758. The summed E-state index contributed by atoms with van der Waals surface area (Å²) in [4.78, 5) is 17.4. The lowest BCUT2D eigenvalue weighted by molar-refractivity contribution is 0.0666. The number of hydrogen-bond acceptors (Lipinski definition) is 4. The van der Waals surface area contributed by atoms with Gasteiger partial charge in [-0.25, -0.2) is 4.99 Å². The molecule has 2 aliphatic heterocycles. The van der Waals surface area contributed by atoms with Crippen LogP contribution in [0.25, 0.3) is 0 Å². The molecule has 0 amide bonds. The zero-order chi connectivity index (χ0) is 16.7. The van der Waals surface area contributed by atoms with E-state index in [0.717, 1.165) is 48.0 Å². The Hall–Kier alpha value is -1.50. The van der Waals surface area contributed by atoms with Crippen LogP contribution in [0.5, 0.6) is 0 Å². The molecule has 1 N–H and O–H groups in total. The normalized spacial score (nSPS) is 21.4. The molecule has 2 aliphatic rings. The maximum absolute atomic E-state index is 12.7. The number of nitrogens with one attached hydrogen (secondary N) is 1. The quantitative estimate of drug-likeness (QED) is 0.875. The summed E-state index contributed by atoms with van der Waals surface area (Å²) in [6, 6.07) is 7.93. The van der Waals surface area contributed by atoms with Gasteiger partial charge in [0, 0.05) is 18.2 Å². The van der Waals surface area contributed by atoms with Crippen LogP contribution in [0.4, 0.5) is 5.82 Å². The molecule has 3 heterocycles. The smallest absolute Gasteiger partial charge is 0.271 e. The minimum atomic E-state index is -0.0824. The Morgan fingerprint density at radius 3 is 2.92 bits per heavy atom. The molecule has 4 rings (SSSR count). The number of aliphatic imine (C=N–C) groups is 1. The third-order valence-electron chi connectivity index (χ3n) is 4.46. The summed E-state index contributed by atoms with van der Waals surface area (Å²) < 4.78 is 7.38. The van der Waals surface area contributed by atoms with Crippen molar-refractivity contribution in [2.24, 2.45) is 4.99 Å². The van der Waals surface area contributed by atoms with Crippen molar-refractivity contribution in [2.75, 3.05) is 13.2 Å². The van der Waals surface area contributed by atoms with Crippen molar-refractivity contribution in [1.82, 2.24) is 9.78 Å². The van der Waals surface area contributed by atoms with Gasteiger partial charge in [0.1, 0.15) is 0 Å². The Balaban J connectivity index is 1.82. The van der Waals surface area contributed by atoms with Crippen LogP contribution < -0.4 is 5.56 Å². The molecule has 1 atom stereocenters. The van der Waals surface area contributed by atoms with Crippen molar-refractivity contribution >= 4 is 34.2 Å². The summed E-state index contributed by atoms with van der Waals surface area (Å²) in [6.07, 6.45) is 1.78. The fourth-order valence-corrected chi connectivity index (χ4v) is 4.61. The Labute approximate surface area is 149 Å². The van der Waals surface area contributed by atoms with Gasteiger partial charge in [-0.2, -0.15) is 0 Å². The van der Waals surface area contributed by atoms with Crippen molar-refractivity contribution in [3.63, 3.8) is 0 Å². The molecule has 0 aliphatic carbocycles. The highest BCUT2D eigenvalue weighted by molar-refractivity contribution is 8.14. The first-order valence-corrected chi connectivity index (χ1v) is 9.29. The van der Waals surface area contributed by atoms with Crippen molar-refractivity contribution in [1.29, 1.82) is 0 Å². The third-order valence-corrected chi connectivity index (χ3v) is 5.87. The molecule has 2 aromatic rings. The van der Waals surface area contributed by atoms with Crippen molar-refractivity contribution < 1.29 is 4.74 Å². The minimum Gasteiger partial charge on any atom is -0.381 e. The van der Waals surface area contributed by atoms with Crippen molar-refractivity contribution in [3.05, 3.63) is 50.8 Å². The lowest BCUT2D eigenvalue weighted by Crippen LogP contribution is -2.21. The van der Waals surface area contributed by atoms with Gasteiger partial charge in [0.05, 0.1) is 21.9 Å². The highest BCUT2D eigenvalue weighted by Crippen LogP contribution is 2.45. The molecular weight excluding hydrogens is 346 g/mol. The standard InChI is InChI=1S/C17H18ClN3O2S/c1-10-19-16-14(15(24-10)11-3-2-4-12(18)9-11)17(22)20-21(16)13-5-7-23-8-6-13/h2-4,9,13,15H,5-8H2,1H3,(H,20,22)/t15-/m0/s1. The molecule has 1 aromatic carbocycles. The Bertz CT molecular complexity index is 852. The number of hydrogen-bond donors (Lipinski definition) is 1. The van der Waals surface area contributed by atoms with E-state index in [1.165, 1.54) is 0 Å². The Morgan fingerprint density at radius 2 is 2.17 bits per heavy atom. The number of benzene rings is 1. The molecule has 0 spiro atoms. The molecule has 24 heavy (non-hydrogen) atoms. The predicted molar refractivity (Wildman–Crippen MR) is 97.8 cm³/mol. The molecule has 1 saturated heterocycles. The van der Waals surface area contributed by atoms with Crippen molar-refractivity contribution in [2.45, 2.75) is 31.1 Å². The van der Waals surface area contributed by atoms with E-state index >= 15 is 0 Å². The summed E-state index contributed by atoms with van der Waals surface area (Å²) in [5, 5.41) is 4.56. The van der Waals surface area contributed by atoms with E-state index in [-0.39, 0.29) is 16.9 Å². The fourth-order valence-electron chi connectivity index (χ4n) is 3.32. The monoisotopic (exact) mass is 363 g/mol. The lowest BCUT2D eigenvalue weighted by atomic mass is 10.1. The van der Waals surface area contributed by atoms with Crippen LogP contribution in [-0.2, 0) is 4.74 Å². The zero-order valence-corrected chi connectivity index (χ0v) is 14.9. The van der Waals surface area contributed by atoms with Crippen LogP contribution in [0.3, 0.4) is 0 Å². The van der Waals surface area contributed by atoms with E-state index < -0.39 is 0 Å². The Morgan fingerprint density at radius 1 is 1.38 bits per heavy atom. The maximum atomic E-state index is 12.7. The van der Waals surface area contributed by atoms with Gasteiger partial charge < -0.3 is 4.74 Å². The minimum absolute atomic E-state index is 0.0646. The number of halogens is 1. The van der Waals surface area contributed by atoms with Crippen LogP contribution in [0, 0.1) is 0 Å². The summed E-state index contributed by atoms with van der Waals surface area (Å²) in [6.45, 7) is 3.42. The molecule has 0 saturated carbocycles. The number of thioether (sulfide) groups is 1. The highest BCUT2D eigenvalue weighted by atomic mass is 35.5. The van der Waals surface area contributed by atoms with Crippen LogP contribution in [-0.4, -0.2) is 28.0 Å². The number of aromatic amines is 1. The van der Waals surface area contributed by atoms with Crippen LogP contribution in [0.1, 0.15) is 42.2 Å². The van der Waals surface area contributed by atoms with Gasteiger partial charge in [0.15, 0.2) is 5.82 Å². The molecular formula is C17H18ClN3O2S. The van der Waals surface area contributed by atoms with Gasteiger partial charge in [0.25, 0.3) is 5.56 Å². The first-order chi connectivity index (χ1) is 11.6. The van der Waals surface area contributed by atoms with E-state index in [0.29, 0.717) is 5.02 Å². The van der Waals surface area contributed by atoms with E-state index in [9.17, 15) is 4.79 Å². The summed E-state index contributed by atoms with van der Waals surface area (Å²) >= 11 is 7.75. The van der Waals surface area contributed by atoms with Gasteiger partial charge >= 0.3 is 0 Å². The first-order valence-electron chi connectivity index (χ1n) is 8.03. The molecule has 1 aromatic heterocycles.